The Hall–Kier alpha value is -0.154. The summed E-state index contributed by atoms with van der Waals surface area (Å²) in [5.74, 6) is 0.551. The fourth-order valence-corrected chi connectivity index (χ4v) is 0.973. The molecule has 1 unspecified atom stereocenters. The van der Waals surface area contributed by atoms with E-state index in [2.05, 4.69) is 4.52 Å². The van der Waals surface area contributed by atoms with Gasteiger partial charge in [-0.3, -0.25) is 0 Å². The summed E-state index contributed by atoms with van der Waals surface area (Å²) in [6.07, 6.45) is 0. The van der Waals surface area contributed by atoms with Crippen molar-refractivity contribution in [2.24, 2.45) is 0 Å². The Balaban J connectivity index is -0.000000403. The molecule has 3 nitrogen and oxygen atoms in total. The van der Waals surface area contributed by atoms with Gasteiger partial charge in [-0.15, -0.1) is 4.52 Å². The second-order valence-corrected chi connectivity index (χ2v) is 2.81. The van der Waals surface area contributed by atoms with Crippen LogP contribution in [0.5, 0.6) is 5.75 Å². The smallest absolute Gasteiger partial charge is 1.00 e. The van der Waals surface area contributed by atoms with Crippen LogP contribution in [0.2, 0.25) is 0 Å². The van der Waals surface area contributed by atoms with Crippen molar-refractivity contribution in [2.45, 2.75) is 0 Å². The second-order valence-electron chi connectivity index (χ2n) is 1.81. The van der Waals surface area contributed by atoms with Gasteiger partial charge in [0.2, 0.25) is 0 Å². The summed E-state index contributed by atoms with van der Waals surface area (Å²) in [7, 11) is -0.670. The summed E-state index contributed by atoms with van der Waals surface area (Å²) in [6, 6.07) is 8.88. The molecule has 0 aliphatic heterocycles. The fourth-order valence-electron chi connectivity index (χ4n) is 0.605. The molecule has 0 N–H and O–H groups in total. The van der Waals surface area contributed by atoms with Gasteiger partial charge in [0.25, 0.3) is 0 Å². The molecule has 0 aromatic heterocycles. The van der Waals surface area contributed by atoms with Gasteiger partial charge in [-0.25, -0.2) is 4.52 Å². The molecule has 1 atom stereocenters. The Morgan fingerprint density at radius 3 is 2.42 bits per heavy atom. The van der Waals surface area contributed by atoms with Crippen molar-refractivity contribution < 1.29 is 16.5 Å². The fraction of sp³-hybridized carbons (Fsp3) is 0.143. The number of para-hydroxylation sites is 1. The first-order chi connectivity index (χ1) is 5.33. The molecule has 0 radical (unpaired) electrons. The van der Waals surface area contributed by atoms with E-state index in [4.69, 9.17) is 4.52 Å². The maximum absolute atomic E-state index is 10.7. The molecule has 1 aromatic rings. The summed E-state index contributed by atoms with van der Waals surface area (Å²) in [5.41, 5.74) is 0. The Morgan fingerprint density at radius 2 is 1.92 bits per heavy atom. The summed E-state index contributed by atoms with van der Waals surface area (Å²) < 4.78 is 20.0. The topological polar surface area (TPSA) is 35.5 Å². The quantitative estimate of drug-likeness (QED) is 0.550. The first kappa shape index (κ1) is 11.8. The van der Waals surface area contributed by atoms with Crippen LogP contribution >= 0.6 is 8.25 Å². The molecule has 0 aliphatic carbocycles. The third-order valence-electron chi connectivity index (χ3n) is 1.07. The summed E-state index contributed by atoms with van der Waals surface area (Å²) in [6.45, 7) is 0. The van der Waals surface area contributed by atoms with Gasteiger partial charge in [-0.1, -0.05) is 18.2 Å². The molecular weight excluding hydrogens is 187 g/mol. The molecular formula is C7H10MgO3P+. The molecule has 0 amide bonds. The molecule has 0 fully saturated rings. The van der Waals surface area contributed by atoms with E-state index in [-0.39, 0.29) is 25.9 Å². The van der Waals surface area contributed by atoms with Gasteiger partial charge < -0.3 is 2.85 Å². The maximum Gasteiger partial charge on any atom is 2.00 e. The zero-order valence-corrected chi connectivity index (χ0v) is 9.07. The van der Waals surface area contributed by atoms with Crippen molar-refractivity contribution in [3.05, 3.63) is 30.3 Å². The summed E-state index contributed by atoms with van der Waals surface area (Å²) >= 11 is 0. The van der Waals surface area contributed by atoms with E-state index in [1.54, 1.807) is 24.3 Å². The molecule has 0 aliphatic rings. The number of benzene rings is 1. The zero-order chi connectivity index (χ0) is 8.10. The van der Waals surface area contributed by atoms with Crippen molar-refractivity contribution in [3.8, 4) is 5.75 Å². The van der Waals surface area contributed by atoms with Crippen molar-refractivity contribution in [3.63, 3.8) is 0 Å². The Morgan fingerprint density at radius 1 is 1.33 bits per heavy atom. The van der Waals surface area contributed by atoms with Crippen molar-refractivity contribution in [2.75, 3.05) is 7.11 Å². The standard InChI is InChI=1S/C7H8O3P.Mg.2H/c1-9-11(8)10-7-5-3-2-4-6-7;;;/h2-6H,1H3;;;/q+1;+2;2*-1. The van der Waals surface area contributed by atoms with Crippen molar-refractivity contribution in [1.82, 2.24) is 0 Å². The maximum atomic E-state index is 10.7. The van der Waals surface area contributed by atoms with Crippen molar-refractivity contribution in [1.29, 1.82) is 0 Å². The van der Waals surface area contributed by atoms with Crippen LogP contribution in [0.1, 0.15) is 2.85 Å². The summed E-state index contributed by atoms with van der Waals surface area (Å²) in [5, 5.41) is 0. The predicted octanol–water partition coefficient (Wildman–Crippen LogP) is 2.21. The van der Waals surface area contributed by atoms with Crippen LogP contribution in [-0.2, 0) is 9.09 Å². The normalized spacial score (nSPS) is 9.92. The van der Waals surface area contributed by atoms with Crippen LogP contribution in [0.4, 0.5) is 0 Å². The minimum absolute atomic E-state index is 0. The van der Waals surface area contributed by atoms with Gasteiger partial charge >= 0.3 is 31.3 Å². The van der Waals surface area contributed by atoms with E-state index in [1.807, 2.05) is 6.07 Å². The molecule has 0 saturated carbocycles. The van der Waals surface area contributed by atoms with E-state index in [9.17, 15) is 4.57 Å². The molecule has 0 spiro atoms. The predicted molar refractivity (Wildman–Crippen MR) is 49.7 cm³/mol. The molecule has 0 saturated heterocycles. The van der Waals surface area contributed by atoms with E-state index in [1.165, 1.54) is 7.11 Å². The second kappa shape index (κ2) is 6.37. The van der Waals surface area contributed by atoms with Gasteiger partial charge in [0.1, 0.15) is 0 Å². The number of rotatable bonds is 3. The van der Waals surface area contributed by atoms with E-state index in [0.29, 0.717) is 5.75 Å². The average molecular weight is 197 g/mol. The Bertz CT molecular complexity index is 248. The third-order valence-corrected chi connectivity index (χ3v) is 1.73. The number of hydrogen-bond donors (Lipinski definition) is 0. The van der Waals surface area contributed by atoms with Crippen LogP contribution in [0.3, 0.4) is 0 Å². The monoisotopic (exact) mass is 197 g/mol. The Labute approximate surface area is 91.1 Å². The minimum Gasteiger partial charge on any atom is -1.00 e. The van der Waals surface area contributed by atoms with Crippen molar-refractivity contribution >= 4 is 31.3 Å². The molecule has 1 aromatic carbocycles. The first-order valence-corrected chi connectivity index (χ1v) is 4.17. The average Bonchev–Trinajstić information content (AvgIpc) is 2.06. The summed E-state index contributed by atoms with van der Waals surface area (Å²) in [4.78, 5) is 0. The van der Waals surface area contributed by atoms with Crippen LogP contribution in [0.25, 0.3) is 0 Å². The minimum atomic E-state index is -2.00. The van der Waals surface area contributed by atoms with Crippen LogP contribution < -0.4 is 4.52 Å². The molecule has 0 bridgehead atoms. The van der Waals surface area contributed by atoms with Gasteiger partial charge in [-0.05, 0) is 12.1 Å². The van der Waals surface area contributed by atoms with Gasteiger partial charge in [-0.2, -0.15) is 0 Å². The zero-order valence-electron chi connectivity index (χ0n) is 8.77. The SMILES string of the molecule is CO[P+](=O)Oc1ccccc1.[H-].[H-].[Mg+2]. The van der Waals surface area contributed by atoms with Gasteiger partial charge in [0.05, 0.1) is 7.11 Å². The molecule has 12 heavy (non-hydrogen) atoms. The molecule has 0 heterocycles. The number of hydrogen-bond acceptors (Lipinski definition) is 3. The molecule has 62 valence electrons. The first-order valence-electron chi connectivity index (χ1n) is 3.07. The van der Waals surface area contributed by atoms with Crippen LogP contribution in [-0.4, -0.2) is 30.2 Å². The molecule has 5 heteroatoms. The van der Waals surface area contributed by atoms with Crippen LogP contribution in [0.15, 0.2) is 30.3 Å². The van der Waals surface area contributed by atoms with E-state index < -0.39 is 8.25 Å². The third kappa shape index (κ3) is 4.02. The van der Waals surface area contributed by atoms with Crippen LogP contribution in [0, 0.1) is 0 Å². The van der Waals surface area contributed by atoms with E-state index in [0.717, 1.165) is 0 Å². The van der Waals surface area contributed by atoms with Gasteiger partial charge in [0.15, 0.2) is 5.75 Å². The molecule has 1 rings (SSSR count). The van der Waals surface area contributed by atoms with E-state index >= 15 is 0 Å². The largest absolute Gasteiger partial charge is 2.00 e. The van der Waals surface area contributed by atoms with Gasteiger partial charge in [0, 0.05) is 4.57 Å². The Kier molecular flexibility index (Phi) is 6.29.